The maximum Gasteiger partial charge on any atom is 0.175 e. The largest absolute Gasteiger partial charge is 0.327 e. The summed E-state index contributed by atoms with van der Waals surface area (Å²) in [5.41, 5.74) is 8.11. The Bertz CT molecular complexity index is 2130. The third-order valence-electron chi connectivity index (χ3n) is 9.26. The van der Waals surface area contributed by atoms with E-state index < -0.39 is 0 Å². The molecule has 8 heteroatoms. The SMILES string of the molecule is Cc1ccc(N2C(=Nc3ccccc3)SC/C=C\CSC(=Nc3ccccc3)N(c3ccc(C)cc3)C(N(C)c3ccccc3)=C2N(C)c2ccccc2)cc1. The number of hydrogen-bond acceptors (Lipinski definition) is 6. The van der Waals surface area contributed by atoms with Crippen LogP contribution in [0.5, 0.6) is 0 Å². The van der Waals surface area contributed by atoms with Crippen molar-refractivity contribution in [3.63, 3.8) is 0 Å². The Labute approximate surface area is 340 Å². The Hall–Kier alpha value is -5.96. The highest BCUT2D eigenvalue weighted by Crippen LogP contribution is 2.39. The van der Waals surface area contributed by atoms with E-state index in [4.69, 9.17) is 9.98 Å². The summed E-state index contributed by atoms with van der Waals surface area (Å²) in [6.45, 7) is 4.26. The van der Waals surface area contributed by atoms with Crippen molar-refractivity contribution in [2.45, 2.75) is 13.8 Å². The lowest BCUT2D eigenvalue weighted by molar-refractivity contribution is 0.924. The summed E-state index contributed by atoms with van der Waals surface area (Å²) in [7, 11) is 4.30. The van der Waals surface area contributed by atoms with Crippen LogP contribution in [-0.4, -0.2) is 35.9 Å². The van der Waals surface area contributed by atoms with Crippen molar-refractivity contribution in [2.24, 2.45) is 9.98 Å². The zero-order chi connectivity index (χ0) is 38.7. The second-order valence-electron chi connectivity index (χ2n) is 13.3. The molecule has 0 fully saturated rings. The number of hydrogen-bond donors (Lipinski definition) is 0. The molecule has 7 rings (SSSR count). The van der Waals surface area contributed by atoms with Gasteiger partial charge in [0.25, 0.3) is 0 Å². The predicted octanol–water partition coefficient (Wildman–Crippen LogP) is 12.4. The first-order valence-corrected chi connectivity index (χ1v) is 20.7. The Kier molecular flexibility index (Phi) is 12.7. The summed E-state index contributed by atoms with van der Waals surface area (Å²) in [4.78, 5) is 20.1. The first-order valence-electron chi connectivity index (χ1n) is 18.7. The molecule has 6 aromatic carbocycles. The van der Waals surface area contributed by atoms with Gasteiger partial charge in [-0.1, -0.05) is 144 Å². The number of rotatable bonds is 8. The molecule has 0 radical (unpaired) electrons. The molecule has 0 amide bonds. The fraction of sp³-hybridized carbons (Fsp3) is 0.125. The van der Waals surface area contributed by atoms with E-state index in [0.29, 0.717) is 0 Å². The van der Waals surface area contributed by atoms with Crippen LogP contribution in [-0.2, 0) is 0 Å². The first-order chi connectivity index (χ1) is 27.5. The third kappa shape index (κ3) is 9.28. The number of thioether (sulfide) groups is 2. The number of para-hydroxylation sites is 4. The number of nitrogens with zero attached hydrogens (tertiary/aromatic N) is 6. The van der Waals surface area contributed by atoms with Crippen molar-refractivity contribution >= 4 is 68.0 Å². The highest BCUT2D eigenvalue weighted by molar-refractivity contribution is 8.14. The van der Waals surface area contributed by atoms with E-state index in [0.717, 1.165) is 67.6 Å². The number of aliphatic imine (C=N–C) groups is 2. The van der Waals surface area contributed by atoms with E-state index in [1.807, 2.05) is 36.4 Å². The molecule has 0 spiro atoms. The minimum Gasteiger partial charge on any atom is -0.327 e. The van der Waals surface area contributed by atoms with Crippen LogP contribution in [0.1, 0.15) is 11.1 Å². The minimum absolute atomic E-state index is 0.730. The molecule has 0 saturated carbocycles. The van der Waals surface area contributed by atoms with Crippen LogP contribution in [0.15, 0.2) is 204 Å². The summed E-state index contributed by atoms with van der Waals surface area (Å²) in [6, 6.07) is 59.1. The molecule has 0 unspecified atom stereocenters. The van der Waals surface area contributed by atoms with Gasteiger partial charge in [0.05, 0.1) is 11.4 Å². The van der Waals surface area contributed by atoms with Gasteiger partial charge < -0.3 is 9.80 Å². The molecule has 1 aliphatic heterocycles. The Balaban J connectivity index is 1.67. The second kappa shape index (κ2) is 18.6. The van der Waals surface area contributed by atoms with Crippen molar-refractivity contribution in [3.8, 4) is 0 Å². The number of amidine groups is 2. The van der Waals surface area contributed by atoms with Gasteiger partial charge in [-0.2, -0.15) is 0 Å². The van der Waals surface area contributed by atoms with E-state index in [2.05, 4.69) is 193 Å². The van der Waals surface area contributed by atoms with Gasteiger partial charge >= 0.3 is 0 Å². The lowest BCUT2D eigenvalue weighted by atomic mass is 10.2. The molecule has 280 valence electrons. The van der Waals surface area contributed by atoms with Crippen LogP contribution >= 0.6 is 23.5 Å². The van der Waals surface area contributed by atoms with Gasteiger partial charge in [-0.05, 0) is 86.6 Å². The van der Waals surface area contributed by atoms with Crippen molar-refractivity contribution in [2.75, 3.05) is 45.2 Å². The van der Waals surface area contributed by atoms with E-state index >= 15 is 0 Å². The van der Waals surface area contributed by atoms with Gasteiger partial charge in [0, 0.05) is 48.4 Å². The van der Waals surface area contributed by atoms with Gasteiger partial charge in [-0.3, -0.25) is 9.80 Å². The zero-order valence-corrected chi connectivity index (χ0v) is 33.9. The number of benzene rings is 6. The number of anilines is 4. The second-order valence-corrected chi connectivity index (χ2v) is 15.3. The molecule has 1 aliphatic rings. The topological polar surface area (TPSA) is 37.7 Å². The number of aryl methyl sites for hydroxylation is 2. The van der Waals surface area contributed by atoms with Crippen molar-refractivity contribution in [3.05, 3.63) is 205 Å². The van der Waals surface area contributed by atoms with Crippen LogP contribution in [0.3, 0.4) is 0 Å². The average molecular weight is 771 g/mol. The molecule has 6 aromatic rings. The molecular formula is C48H46N6S2. The Morgan fingerprint density at radius 1 is 0.429 bits per heavy atom. The van der Waals surface area contributed by atoms with E-state index in [1.54, 1.807) is 23.5 Å². The fourth-order valence-electron chi connectivity index (χ4n) is 6.28. The molecule has 6 nitrogen and oxygen atoms in total. The predicted molar refractivity (Wildman–Crippen MR) is 245 cm³/mol. The van der Waals surface area contributed by atoms with Gasteiger partial charge in [-0.25, -0.2) is 9.98 Å². The molecule has 56 heavy (non-hydrogen) atoms. The monoisotopic (exact) mass is 770 g/mol. The third-order valence-corrected chi connectivity index (χ3v) is 11.0. The normalized spacial score (nSPS) is 16.0. The molecule has 0 atom stereocenters. The van der Waals surface area contributed by atoms with Gasteiger partial charge in [-0.15, -0.1) is 0 Å². The molecular weight excluding hydrogens is 725 g/mol. The summed E-state index contributed by atoms with van der Waals surface area (Å²) < 4.78 is 0. The lowest BCUT2D eigenvalue weighted by Gasteiger charge is -2.42. The van der Waals surface area contributed by atoms with Gasteiger partial charge in [0.2, 0.25) is 0 Å². The van der Waals surface area contributed by atoms with Crippen LogP contribution in [0, 0.1) is 13.8 Å². The first kappa shape index (κ1) is 38.3. The molecule has 0 bridgehead atoms. The quantitative estimate of drug-likeness (QED) is 0.144. The van der Waals surface area contributed by atoms with E-state index in [-0.39, 0.29) is 0 Å². The standard InChI is InChI=1S/C48H46N6S2/c1-37-27-31-43(32-28-37)53-45(51(3)41-23-13-7-14-24-41)46(52(4)42-25-15-8-16-26-42)54(44-33-29-38(2)30-34-44)48(50-40-21-11-6-12-22-40)56-36-18-17-35-55-47(53)49-39-19-9-5-10-20-39/h5-34H,35-36H2,1-4H3/b18-17-,46-45?,49-47?,50-48?. The zero-order valence-electron chi connectivity index (χ0n) is 32.2. The molecule has 0 N–H and O–H groups in total. The van der Waals surface area contributed by atoms with Gasteiger partial charge in [0.15, 0.2) is 22.0 Å². The summed E-state index contributed by atoms with van der Waals surface area (Å²) in [6.07, 6.45) is 4.48. The maximum atomic E-state index is 5.45. The van der Waals surface area contributed by atoms with Gasteiger partial charge in [0.1, 0.15) is 0 Å². The van der Waals surface area contributed by atoms with Crippen molar-refractivity contribution in [1.82, 2.24) is 0 Å². The smallest absolute Gasteiger partial charge is 0.175 e. The molecule has 1 heterocycles. The Morgan fingerprint density at radius 3 is 1.09 bits per heavy atom. The van der Waals surface area contributed by atoms with Crippen LogP contribution in [0.2, 0.25) is 0 Å². The highest BCUT2D eigenvalue weighted by Gasteiger charge is 2.34. The fourth-order valence-corrected chi connectivity index (χ4v) is 8.03. The van der Waals surface area contributed by atoms with E-state index in [9.17, 15) is 0 Å². The average Bonchev–Trinajstić information content (AvgIpc) is 3.24. The lowest BCUT2D eigenvalue weighted by Crippen LogP contribution is -2.46. The van der Waals surface area contributed by atoms with Crippen LogP contribution < -0.4 is 19.6 Å². The van der Waals surface area contributed by atoms with Crippen molar-refractivity contribution in [1.29, 1.82) is 0 Å². The van der Waals surface area contributed by atoms with E-state index in [1.165, 1.54) is 11.1 Å². The maximum absolute atomic E-state index is 5.45. The molecule has 0 aliphatic carbocycles. The van der Waals surface area contributed by atoms with Crippen LogP contribution in [0.25, 0.3) is 0 Å². The Morgan fingerprint density at radius 2 is 0.750 bits per heavy atom. The summed E-state index contributed by atoms with van der Waals surface area (Å²) in [5.74, 6) is 3.24. The van der Waals surface area contributed by atoms with Crippen molar-refractivity contribution < 1.29 is 0 Å². The molecule has 0 saturated heterocycles. The summed E-state index contributed by atoms with van der Waals surface area (Å²) >= 11 is 3.44. The minimum atomic E-state index is 0.730. The highest BCUT2D eigenvalue weighted by atomic mass is 32.2. The molecule has 0 aromatic heterocycles. The summed E-state index contributed by atoms with van der Waals surface area (Å²) in [5, 5.41) is 1.67. The van der Waals surface area contributed by atoms with Crippen LogP contribution in [0.4, 0.5) is 34.1 Å².